The molecular formula is C58H36N6S. The minimum Gasteiger partial charge on any atom is -0.307 e. The Kier molecular flexibility index (Phi) is 8.60. The van der Waals surface area contributed by atoms with Gasteiger partial charge in [-0.25, -0.2) is 9.97 Å². The first-order valence-electron chi connectivity index (χ1n) is 21.7. The number of benzene rings is 9. The van der Waals surface area contributed by atoms with Gasteiger partial charge in [0.2, 0.25) is 5.95 Å². The molecule has 6 nitrogen and oxygen atoms in total. The fraction of sp³-hybridized carbons (Fsp3) is 0. The molecule has 0 spiro atoms. The summed E-state index contributed by atoms with van der Waals surface area (Å²) in [6, 6.07) is 76.9. The molecule has 4 heterocycles. The highest BCUT2D eigenvalue weighted by atomic mass is 32.1. The Hall–Kier alpha value is -8.52. The number of para-hydroxylation sites is 3. The van der Waals surface area contributed by atoms with Crippen molar-refractivity contribution in [3.63, 3.8) is 0 Å². The highest BCUT2D eigenvalue weighted by molar-refractivity contribution is 7.21. The maximum atomic E-state index is 5.49. The predicted molar refractivity (Wildman–Crippen MR) is 269 cm³/mol. The summed E-state index contributed by atoms with van der Waals surface area (Å²) in [6.07, 6.45) is 0. The first-order valence-corrected chi connectivity index (χ1v) is 22.5. The van der Waals surface area contributed by atoms with Crippen LogP contribution in [0.4, 0.5) is 0 Å². The van der Waals surface area contributed by atoms with Crippen molar-refractivity contribution in [2.75, 3.05) is 0 Å². The summed E-state index contributed by atoms with van der Waals surface area (Å²) in [5.41, 5.74) is 13.6. The Morgan fingerprint density at radius 2 is 0.815 bits per heavy atom. The Bertz CT molecular complexity index is 3840. The molecule has 13 aromatic rings. The lowest BCUT2D eigenvalue weighted by atomic mass is 9.96. The fourth-order valence-electron chi connectivity index (χ4n) is 9.39. The molecule has 13 rings (SSSR count). The molecule has 7 heteroatoms. The number of hydrogen-bond donors (Lipinski definition) is 0. The second-order valence-electron chi connectivity index (χ2n) is 16.3. The first kappa shape index (κ1) is 37.1. The number of nitrogens with zero attached hydrogens (tertiary/aromatic N) is 6. The van der Waals surface area contributed by atoms with Crippen LogP contribution in [0, 0.1) is 0 Å². The smallest absolute Gasteiger partial charge is 0.238 e. The molecule has 0 aliphatic carbocycles. The Balaban J connectivity index is 1.09. The van der Waals surface area contributed by atoms with E-state index < -0.39 is 0 Å². The Morgan fingerprint density at radius 3 is 1.43 bits per heavy atom. The average Bonchev–Trinajstić information content (AvgIpc) is 4.08. The van der Waals surface area contributed by atoms with Crippen LogP contribution in [0.15, 0.2) is 218 Å². The molecule has 0 aliphatic rings. The molecule has 0 radical (unpaired) electrons. The van der Waals surface area contributed by atoms with Crippen LogP contribution in [0.5, 0.6) is 0 Å². The maximum Gasteiger partial charge on any atom is 0.238 e. The van der Waals surface area contributed by atoms with Crippen molar-refractivity contribution in [3.8, 4) is 67.2 Å². The van der Waals surface area contributed by atoms with Gasteiger partial charge >= 0.3 is 0 Å². The molecule has 0 saturated carbocycles. The van der Waals surface area contributed by atoms with Crippen molar-refractivity contribution < 1.29 is 0 Å². The van der Waals surface area contributed by atoms with E-state index in [9.17, 15) is 0 Å². The van der Waals surface area contributed by atoms with E-state index in [1.165, 1.54) is 10.1 Å². The molecule has 9 aromatic carbocycles. The van der Waals surface area contributed by atoms with Gasteiger partial charge in [0.1, 0.15) is 5.01 Å². The molecule has 0 N–H and O–H groups in total. The zero-order chi connectivity index (χ0) is 42.8. The van der Waals surface area contributed by atoms with Crippen LogP contribution in [0.25, 0.3) is 121 Å². The van der Waals surface area contributed by atoms with E-state index >= 15 is 0 Å². The monoisotopic (exact) mass is 848 g/mol. The van der Waals surface area contributed by atoms with Gasteiger partial charge < -0.3 is 4.57 Å². The standard InChI is InChI=1S/C58H36N6S/c1-4-16-37(17-5-1)41-34-42(38-18-6-2-7-19-38)36-43(35-41)56-60-55(39-20-8-3-9-21-39)61-58(62-56)64-51-26-14-11-23-46(51)48-33-32-47-45-22-10-13-25-50(45)63(53(47)54(48)64)44-30-28-40(29-31-44)57-59-49-24-12-15-27-52(49)65-57/h1-36H. The van der Waals surface area contributed by atoms with E-state index in [1.54, 1.807) is 11.3 Å². The molecule has 304 valence electrons. The van der Waals surface area contributed by atoms with Crippen molar-refractivity contribution in [1.82, 2.24) is 29.1 Å². The summed E-state index contributed by atoms with van der Waals surface area (Å²) in [5, 5.41) is 5.56. The van der Waals surface area contributed by atoms with Gasteiger partial charge in [-0.1, -0.05) is 152 Å². The van der Waals surface area contributed by atoms with Crippen LogP contribution < -0.4 is 0 Å². The third-order valence-electron chi connectivity index (χ3n) is 12.4. The van der Waals surface area contributed by atoms with Crippen LogP contribution in [0.3, 0.4) is 0 Å². The number of thiazole rings is 1. The first-order chi connectivity index (χ1) is 32.2. The predicted octanol–water partition coefficient (Wildman–Crippen LogP) is 15.0. The molecule has 0 aliphatic heterocycles. The lowest BCUT2D eigenvalue weighted by Crippen LogP contribution is -2.07. The second-order valence-corrected chi connectivity index (χ2v) is 17.3. The number of aromatic nitrogens is 6. The van der Waals surface area contributed by atoms with Crippen molar-refractivity contribution >= 4 is 65.2 Å². The molecule has 0 atom stereocenters. The number of fused-ring (bicyclic) bond motifs is 8. The van der Waals surface area contributed by atoms with Crippen LogP contribution in [-0.2, 0) is 0 Å². The topological polar surface area (TPSA) is 61.4 Å². The van der Waals surface area contributed by atoms with Crippen LogP contribution in [0.2, 0.25) is 0 Å². The van der Waals surface area contributed by atoms with E-state index in [4.69, 9.17) is 19.9 Å². The van der Waals surface area contributed by atoms with E-state index in [0.29, 0.717) is 17.6 Å². The van der Waals surface area contributed by atoms with Gasteiger partial charge in [0, 0.05) is 43.9 Å². The zero-order valence-electron chi connectivity index (χ0n) is 34.9. The largest absolute Gasteiger partial charge is 0.307 e. The van der Waals surface area contributed by atoms with Crippen molar-refractivity contribution in [2.24, 2.45) is 0 Å². The van der Waals surface area contributed by atoms with E-state index in [1.807, 2.05) is 24.3 Å². The molecule has 0 bridgehead atoms. The van der Waals surface area contributed by atoms with Crippen LogP contribution in [0.1, 0.15) is 0 Å². The molecular weight excluding hydrogens is 813 g/mol. The van der Waals surface area contributed by atoms with Gasteiger partial charge in [-0.05, 0) is 89.0 Å². The van der Waals surface area contributed by atoms with E-state index in [2.05, 4.69) is 203 Å². The van der Waals surface area contributed by atoms with Gasteiger partial charge in [-0.2, -0.15) is 9.97 Å². The Labute approximate surface area is 378 Å². The highest BCUT2D eigenvalue weighted by Crippen LogP contribution is 2.42. The summed E-state index contributed by atoms with van der Waals surface area (Å²) in [7, 11) is 0. The molecule has 0 fully saturated rings. The minimum atomic E-state index is 0.543. The highest BCUT2D eigenvalue weighted by Gasteiger charge is 2.24. The lowest BCUT2D eigenvalue weighted by molar-refractivity contribution is 0.953. The van der Waals surface area contributed by atoms with Gasteiger partial charge in [-0.15, -0.1) is 11.3 Å². The summed E-state index contributed by atoms with van der Waals surface area (Å²) >= 11 is 1.72. The van der Waals surface area contributed by atoms with Crippen molar-refractivity contribution in [1.29, 1.82) is 0 Å². The van der Waals surface area contributed by atoms with E-state index in [-0.39, 0.29) is 0 Å². The third kappa shape index (κ3) is 6.24. The average molecular weight is 849 g/mol. The van der Waals surface area contributed by atoms with Gasteiger partial charge in [0.25, 0.3) is 0 Å². The SMILES string of the molecule is c1ccc(-c2cc(-c3ccccc3)cc(-c3nc(-c4ccccc4)nc(-n4c5ccccc5c5ccc6c7ccccc7n(-c7ccc(-c8nc9ccccc9s8)cc7)c6c54)n3)c2)cc1. The lowest BCUT2D eigenvalue weighted by Gasteiger charge is -2.14. The fourth-order valence-corrected chi connectivity index (χ4v) is 10.4. The van der Waals surface area contributed by atoms with Gasteiger partial charge in [0.05, 0.1) is 32.3 Å². The summed E-state index contributed by atoms with van der Waals surface area (Å²) < 4.78 is 5.84. The van der Waals surface area contributed by atoms with Gasteiger partial charge in [-0.3, -0.25) is 4.57 Å². The Morgan fingerprint density at radius 1 is 0.323 bits per heavy atom. The maximum absolute atomic E-state index is 5.49. The quantitative estimate of drug-likeness (QED) is 0.160. The van der Waals surface area contributed by atoms with Gasteiger partial charge in [0.15, 0.2) is 11.6 Å². The zero-order valence-corrected chi connectivity index (χ0v) is 35.7. The number of rotatable bonds is 7. The van der Waals surface area contributed by atoms with E-state index in [0.717, 1.165) is 93.4 Å². The van der Waals surface area contributed by atoms with Crippen molar-refractivity contribution in [3.05, 3.63) is 218 Å². The summed E-state index contributed by atoms with van der Waals surface area (Å²) in [5.74, 6) is 1.73. The normalized spacial score (nSPS) is 11.7. The number of hydrogen-bond acceptors (Lipinski definition) is 5. The van der Waals surface area contributed by atoms with Crippen molar-refractivity contribution in [2.45, 2.75) is 0 Å². The summed E-state index contributed by atoms with van der Waals surface area (Å²) in [4.78, 5) is 21.1. The third-order valence-corrected chi connectivity index (χ3v) is 13.5. The summed E-state index contributed by atoms with van der Waals surface area (Å²) in [6.45, 7) is 0. The van der Waals surface area contributed by atoms with Crippen LogP contribution in [-0.4, -0.2) is 29.1 Å². The minimum absolute atomic E-state index is 0.543. The second kappa shape index (κ2) is 15.1. The van der Waals surface area contributed by atoms with Crippen LogP contribution >= 0.6 is 11.3 Å². The molecule has 0 saturated heterocycles. The molecule has 0 amide bonds. The molecule has 0 unspecified atom stereocenters. The molecule has 65 heavy (non-hydrogen) atoms. The molecule has 4 aromatic heterocycles.